The lowest BCUT2D eigenvalue weighted by atomic mass is 9.82. The standard InChI is InChI=1S/C16H18BrNO6/c1-8(24-9(2)19)13-14(16(21)23-4)18(15(13)20)10-5-6-12(22-3)11(17)7-10/h5-8,13-14H,1-4H3/t8-,13+,14+/m0/s1. The van der Waals surface area contributed by atoms with E-state index in [1.54, 1.807) is 25.1 Å². The van der Waals surface area contributed by atoms with Crippen molar-refractivity contribution < 1.29 is 28.6 Å². The second-order valence-corrected chi connectivity index (χ2v) is 6.19. The van der Waals surface area contributed by atoms with Crippen LogP contribution in [0.2, 0.25) is 0 Å². The van der Waals surface area contributed by atoms with E-state index in [2.05, 4.69) is 15.9 Å². The lowest BCUT2D eigenvalue weighted by Crippen LogP contribution is -2.68. The lowest BCUT2D eigenvalue weighted by molar-refractivity contribution is -0.162. The number of esters is 2. The Morgan fingerprint density at radius 1 is 1.29 bits per heavy atom. The number of anilines is 1. The minimum absolute atomic E-state index is 0.309. The van der Waals surface area contributed by atoms with Crippen LogP contribution < -0.4 is 9.64 Å². The summed E-state index contributed by atoms with van der Waals surface area (Å²) in [6.45, 7) is 2.84. The van der Waals surface area contributed by atoms with E-state index in [0.717, 1.165) is 0 Å². The van der Waals surface area contributed by atoms with E-state index >= 15 is 0 Å². The smallest absolute Gasteiger partial charge is 0.329 e. The normalized spacial score (nSPS) is 20.9. The maximum Gasteiger partial charge on any atom is 0.329 e. The fourth-order valence-electron chi connectivity index (χ4n) is 2.77. The van der Waals surface area contributed by atoms with Gasteiger partial charge in [0.15, 0.2) is 0 Å². The molecule has 1 aromatic carbocycles. The van der Waals surface area contributed by atoms with E-state index in [1.807, 2.05) is 0 Å². The summed E-state index contributed by atoms with van der Waals surface area (Å²) in [5.41, 5.74) is 0.523. The Balaban J connectivity index is 2.33. The summed E-state index contributed by atoms with van der Waals surface area (Å²) >= 11 is 3.35. The summed E-state index contributed by atoms with van der Waals surface area (Å²) in [6, 6.07) is 4.19. The molecule has 0 bridgehead atoms. The number of β-lactam (4-membered cyclic amide) rings is 1. The molecular formula is C16H18BrNO6. The van der Waals surface area contributed by atoms with Gasteiger partial charge in [-0.25, -0.2) is 4.79 Å². The largest absolute Gasteiger partial charge is 0.496 e. The molecule has 1 fully saturated rings. The fraction of sp³-hybridized carbons (Fsp3) is 0.438. The van der Waals surface area contributed by atoms with Crippen molar-refractivity contribution in [2.75, 3.05) is 19.1 Å². The molecule has 1 aliphatic heterocycles. The van der Waals surface area contributed by atoms with Crippen molar-refractivity contribution in [2.24, 2.45) is 5.92 Å². The molecule has 1 amide bonds. The number of benzene rings is 1. The minimum atomic E-state index is -0.850. The zero-order valence-corrected chi connectivity index (χ0v) is 15.3. The van der Waals surface area contributed by atoms with E-state index in [1.165, 1.54) is 26.0 Å². The maximum absolute atomic E-state index is 12.6. The number of hydrogen-bond acceptors (Lipinski definition) is 6. The van der Waals surface area contributed by atoms with Crippen LogP contribution >= 0.6 is 15.9 Å². The van der Waals surface area contributed by atoms with E-state index in [4.69, 9.17) is 14.2 Å². The van der Waals surface area contributed by atoms with Crippen LogP contribution in [0.4, 0.5) is 5.69 Å². The van der Waals surface area contributed by atoms with Gasteiger partial charge in [0.2, 0.25) is 5.91 Å². The van der Waals surface area contributed by atoms with E-state index in [-0.39, 0.29) is 5.91 Å². The average molecular weight is 400 g/mol. The Labute approximate surface area is 148 Å². The molecule has 1 aromatic rings. The van der Waals surface area contributed by atoms with Crippen molar-refractivity contribution >= 4 is 39.5 Å². The minimum Gasteiger partial charge on any atom is -0.496 e. The van der Waals surface area contributed by atoms with Gasteiger partial charge in [0.25, 0.3) is 0 Å². The quantitative estimate of drug-likeness (QED) is 0.555. The summed E-state index contributed by atoms with van der Waals surface area (Å²) in [4.78, 5) is 37.2. The summed E-state index contributed by atoms with van der Waals surface area (Å²) in [5.74, 6) is -1.56. The highest BCUT2D eigenvalue weighted by atomic mass is 79.9. The van der Waals surface area contributed by atoms with Gasteiger partial charge in [-0.3, -0.25) is 14.5 Å². The zero-order valence-electron chi connectivity index (χ0n) is 13.7. The molecule has 0 saturated carbocycles. The van der Waals surface area contributed by atoms with Gasteiger partial charge in [-0.05, 0) is 41.1 Å². The molecule has 7 nitrogen and oxygen atoms in total. The van der Waals surface area contributed by atoms with Crippen LogP contribution in [-0.2, 0) is 23.9 Å². The van der Waals surface area contributed by atoms with Gasteiger partial charge in [0.1, 0.15) is 23.8 Å². The van der Waals surface area contributed by atoms with Crippen molar-refractivity contribution in [3.63, 3.8) is 0 Å². The molecule has 0 radical (unpaired) electrons. The highest BCUT2D eigenvalue weighted by molar-refractivity contribution is 9.10. The van der Waals surface area contributed by atoms with Crippen LogP contribution in [-0.4, -0.2) is 44.2 Å². The summed E-state index contributed by atoms with van der Waals surface area (Å²) in [5, 5.41) is 0. The third-order valence-corrected chi connectivity index (χ3v) is 4.47. The van der Waals surface area contributed by atoms with Crippen LogP contribution in [0.1, 0.15) is 13.8 Å². The number of amides is 1. The summed E-state index contributed by atoms with van der Waals surface area (Å²) < 4.78 is 15.7. The molecule has 3 atom stereocenters. The van der Waals surface area contributed by atoms with Crippen molar-refractivity contribution in [3.05, 3.63) is 22.7 Å². The van der Waals surface area contributed by atoms with Gasteiger partial charge < -0.3 is 14.2 Å². The van der Waals surface area contributed by atoms with Gasteiger partial charge in [-0.1, -0.05) is 0 Å². The van der Waals surface area contributed by atoms with Crippen molar-refractivity contribution in [1.82, 2.24) is 0 Å². The fourth-order valence-corrected chi connectivity index (χ4v) is 3.30. The van der Waals surface area contributed by atoms with Gasteiger partial charge in [-0.2, -0.15) is 0 Å². The third kappa shape index (κ3) is 3.24. The molecule has 0 aromatic heterocycles. The van der Waals surface area contributed by atoms with Crippen LogP contribution in [0.25, 0.3) is 0 Å². The Morgan fingerprint density at radius 2 is 1.96 bits per heavy atom. The molecule has 0 aliphatic carbocycles. The van der Waals surface area contributed by atoms with Crippen LogP contribution in [0.3, 0.4) is 0 Å². The van der Waals surface area contributed by atoms with Crippen molar-refractivity contribution in [3.8, 4) is 5.75 Å². The molecule has 1 saturated heterocycles. The first-order chi connectivity index (χ1) is 11.3. The first-order valence-corrected chi connectivity index (χ1v) is 8.02. The lowest BCUT2D eigenvalue weighted by Gasteiger charge is -2.46. The average Bonchev–Trinajstić information content (AvgIpc) is 2.51. The molecule has 0 spiro atoms. The predicted octanol–water partition coefficient (Wildman–Crippen LogP) is 1.91. The van der Waals surface area contributed by atoms with Gasteiger partial charge in [-0.15, -0.1) is 0 Å². The second-order valence-electron chi connectivity index (χ2n) is 5.34. The highest BCUT2D eigenvalue weighted by Gasteiger charge is 2.56. The predicted molar refractivity (Wildman–Crippen MR) is 88.7 cm³/mol. The molecule has 2 rings (SSSR count). The number of halogens is 1. The third-order valence-electron chi connectivity index (χ3n) is 3.85. The highest BCUT2D eigenvalue weighted by Crippen LogP contribution is 2.39. The second kappa shape index (κ2) is 7.21. The van der Waals surface area contributed by atoms with Gasteiger partial charge in [0, 0.05) is 12.6 Å². The van der Waals surface area contributed by atoms with E-state index in [9.17, 15) is 14.4 Å². The molecule has 0 unspecified atom stereocenters. The summed E-state index contributed by atoms with van der Waals surface area (Å²) in [7, 11) is 2.78. The SMILES string of the molecule is COC(=O)[C@H]1[C@@H]([C@H](C)OC(C)=O)C(=O)N1c1ccc(OC)c(Br)c1. The number of ether oxygens (including phenoxy) is 3. The molecule has 1 aliphatic rings. The van der Waals surface area contributed by atoms with E-state index < -0.39 is 30.0 Å². The molecule has 1 heterocycles. The monoisotopic (exact) mass is 399 g/mol. The Morgan fingerprint density at radius 3 is 2.46 bits per heavy atom. The van der Waals surface area contributed by atoms with Crippen LogP contribution in [0, 0.1) is 5.92 Å². The zero-order chi connectivity index (χ0) is 18.0. The number of methoxy groups -OCH3 is 2. The Hall–Kier alpha value is -2.09. The van der Waals surface area contributed by atoms with Crippen LogP contribution in [0.5, 0.6) is 5.75 Å². The first kappa shape index (κ1) is 18.3. The topological polar surface area (TPSA) is 82.1 Å². The number of nitrogens with zero attached hydrogens (tertiary/aromatic N) is 1. The molecule has 8 heteroatoms. The Kier molecular flexibility index (Phi) is 5.48. The molecule has 24 heavy (non-hydrogen) atoms. The molecule has 0 N–H and O–H groups in total. The van der Waals surface area contributed by atoms with Gasteiger partial charge >= 0.3 is 11.9 Å². The molecule has 130 valence electrons. The number of carbonyl (C=O) groups excluding carboxylic acids is 3. The Bertz CT molecular complexity index is 677. The molecular weight excluding hydrogens is 382 g/mol. The van der Waals surface area contributed by atoms with Crippen molar-refractivity contribution in [2.45, 2.75) is 26.0 Å². The summed E-state index contributed by atoms with van der Waals surface area (Å²) in [6.07, 6.45) is -0.725. The number of carbonyl (C=O) groups is 3. The maximum atomic E-state index is 12.6. The number of hydrogen-bond donors (Lipinski definition) is 0. The van der Waals surface area contributed by atoms with Gasteiger partial charge in [0.05, 0.1) is 18.7 Å². The van der Waals surface area contributed by atoms with E-state index in [0.29, 0.717) is 15.9 Å². The van der Waals surface area contributed by atoms with Crippen LogP contribution in [0.15, 0.2) is 22.7 Å². The number of rotatable bonds is 5. The first-order valence-electron chi connectivity index (χ1n) is 7.23. The van der Waals surface area contributed by atoms with Crippen molar-refractivity contribution in [1.29, 1.82) is 0 Å².